The van der Waals surface area contributed by atoms with E-state index in [1.54, 1.807) is 23.1 Å². The molecule has 3 nitrogen and oxygen atoms in total. The fourth-order valence-corrected chi connectivity index (χ4v) is 4.15. The number of thiazole rings is 1. The number of aromatic nitrogens is 3. The standard InChI is InChI=1S/C21H17N3S2/c1-15-7-9-16(10-8-15)19-11-12-20(24-23-19)25-13-18-14-26-21(22-18)17-5-3-2-4-6-17/h2-12,14H,13H2,1H3. The van der Waals surface area contributed by atoms with Crippen molar-refractivity contribution in [2.45, 2.75) is 17.7 Å². The summed E-state index contributed by atoms with van der Waals surface area (Å²) >= 11 is 3.34. The van der Waals surface area contributed by atoms with Gasteiger partial charge < -0.3 is 0 Å². The number of nitrogens with zero attached hydrogens (tertiary/aromatic N) is 3. The first-order valence-corrected chi connectivity index (χ1v) is 10.2. The molecule has 0 atom stereocenters. The van der Waals surface area contributed by atoms with Crippen LogP contribution in [0.15, 0.2) is 77.1 Å². The minimum atomic E-state index is 0.794. The fourth-order valence-electron chi connectivity index (χ4n) is 2.51. The van der Waals surface area contributed by atoms with Crippen LogP contribution >= 0.6 is 23.1 Å². The molecule has 2 heterocycles. The summed E-state index contributed by atoms with van der Waals surface area (Å²) in [5.74, 6) is 0.794. The SMILES string of the molecule is Cc1ccc(-c2ccc(SCc3csc(-c4ccccc4)n3)nn2)cc1. The molecule has 4 rings (SSSR count). The molecule has 128 valence electrons. The van der Waals surface area contributed by atoms with E-state index in [0.717, 1.165) is 38.3 Å². The van der Waals surface area contributed by atoms with Crippen LogP contribution in [0.4, 0.5) is 0 Å². The van der Waals surface area contributed by atoms with Crippen LogP contribution in [0.1, 0.15) is 11.3 Å². The van der Waals surface area contributed by atoms with Gasteiger partial charge in [0.1, 0.15) is 10.0 Å². The van der Waals surface area contributed by atoms with Gasteiger partial charge in [0.15, 0.2) is 0 Å². The third-order valence-electron chi connectivity index (χ3n) is 3.93. The van der Waals surface area contributed by atoms with Crippen LogP contribution < -0.4 is 0 Å². The van der Waals surface area contributed by atoms with Gasteiger partial charge in [-0.3, -0.25) is 0 Å². The highest BCUT2D eigenvalue weighted by Crippen LogP contribution is 2.27. The van der Waals surface area contributed by atoms with Crippen molar-refractivity contribution in [3.05, 3.63) is 83.4 Å². The molecule has 0 bridgehead atoms. The Morgan fingerprint density at radius 1 is 0.846 bits per heavy atom. The van der Waals surface area contributed by atoms with Gasteiger partial charge in [-0.1, -0.05) is 71.9 Å². The lowest BCUT2D eigenvalue weighted by atomic mass is 10.1. The van der Waals surface area contributed by atoms with Crippen LogP contribution in [-0.4, -0.2) is 15.2 Å². The minimum absolute atomic E-state index is 0.794. The summed E-state index contributed by atoms with van der Waals surface area (Å²) in [5.41, 5.74) is 5.47. The Bertz CT molecular complexity index is 978. The lowest BCUT2D eigenvalue weighted by molar-refractivity contribution is 0.935. The Morgan fingerprint density at radius 3 is 2.38 bits per heavy atom. The van der Waals surface area contributed by atoms with Gasteiger partial charge >= 0.3 is 0 Å². The lowest BCUT2D eigenvalue weighted by Crippen LogP contribution is -1.90. The maximum atomic E-state index is 4.72. The molecule has 0 saturated carbocycles. The van der Waals surface area contributed by atoms with E-state index < -0.39 is 0 Å². The van der Waals surface area contributed by atoms with E-state index in [1.807, 2.05) is 30.3 Å². The second-order valence-corrected chi connectivity index (χ2v) is 7.78. The van der Waals surface area contributed by atoms with Crippen molar-refractivity contribution >= 4 is 23.1 Å². The van der Waals surface area contributed by atoms with Crippen LogP contribution in [0.25, 0.3) is 21.8 Å². The number of aryl methyl sites for hydroxylation is 1. The van der Waals surface area contributed by atoms with E-state index in [0.29, 0.717) is 0 Å². The van der Waals surface area contributed by atoms with E-state index in [9.17, 15) is 0 Å². The second kappa shape index (κ2) is 7.81. The number of rotatable bonds is 5. The predicted octanol–water partition coefficient (Wildman–Crippen LogP) is 5.87. The van der Waals surface area contributed by atoms with E-state index in [2.05, 4.69) is 58.9 Å². The monoisotopic (exact) mass is 375 g/mol. The molecule has 2 aromatic carbocycles. The van der Waals surface area contributed by atoms with Crippen LogP contribution in [0.2, 0.25) is 0 Å². The van der Waals surface area contributed by atoms with Crippen LogP contribution in [0, 0.1) is 6.92 Å². The van der Waals surface area contributed by atoms with Crippen LogP contribution in [-0.2, 0) is 5.75 Å². The Balaban J connectivity index is 1.41. The van der Waals surface area contributed by atoms with Gasteiger partial charge in [-0.15, -0.1) is 21.5 Å². The average Bonchev–Trinajstić information content (AvgIpc) is 3.17. The highest BCUT2D eigenvalue weighted by Gasteiger charge is 2.06. The van der Waals surface area contributed by atoms with Gasteiger partial charge in [-0.05, 0) is 19.1 Å². The van der Waals surface area contributed by atoms with E-state index in [4.69, 9.17) is 4.98 Å². The molecule has 0 aliphatic heterocycles. The Kier molecular flexibility index (Phi) is 5.09. The summed E-state index contributed by atoms with van der Waals surface area (Å²) in [6, 6.07) is 22.7. The molecular weight excluding hydrogens is 358 g/mol. The topological polar surface area (TPSA) is 38.7 Å². The Morgan fingerprint density at radius 2 is 1.65 bits per heavy atom. The van der Waals surface area contributed by atoms with Crippen LogP contribution in [0.5, 0.6) is 0 Å². The number of hydrogen-bond donors (Lipinski definition) is 0. The Labute approximate surface area is 161 Å². The first-order valence-electron chi connectivity index (χ1n) is 8.31. The van der Waals surface area contributed by atoms with Crippen LogP contribution in [0.3, 0.4) is 0 Å². The maximum Gasteiger partial charge on any atom is 0.123 e. The zero-order valence-corrected chi connectivity index (χ0v) is 15.9. The molecule has 0 saturated heterocycles. The van der Waals surface area contributed by atoms with Gasteiger partial charge in [-0.2, -0.15) is 0 Å². The summed E-state index contributed by atoms with van der Waals surface area (Å²) in [6.45, 7) is 2.08. The zero-order valence-electron chi connectivity index (χ0n) is 14.3. The van der Waals surface area contributed by atoms with Gasteiger partial charge in [0.2, 0.25) is 0 Å². The highest BCUT2D eigenvalue weighted by atomic mass is 32.2. The van der Waals surface area contributed by atoms with Gasteiger partial charge in [0.05, 0.1) is 11.4 Å². The third kappa shape index (κ3) is 4.00. The summed E-state index contributed by atoms with van der Waals surface area (Å²) in [7, 11) is 0. The van der Waals surface area contributed by atoms with Crippen molar-refractivity contribution in [1.29, 1.82) is 0 Å². The first-order chi connectivity index (χ1) is 12.8. The average molecular weight is 376 g/mol. The quantitative estimate of drug-likeness (QED) is 0.409. The van der Waals surface area contributed by atoms with Gasteiger partial charge in [0, 0.05) is 22.3 Å². The van der Waals surface area contributed by atoms with Gasteiger partial charge in [-0.25, -0.2) is 4.98 Å². The summed E-state index contributed by atoms with van der Waals surface area (Å²) in [6.07, 6.45) is 0. The number of thioether (sulfide) groups is 1. The summed E-state index contributed by atoms with van der Waals surface area (Å²) < 4.78 is 0. The van der Waals surface area contributed by atoms with Crippen molar-refractivity contribution in [3.63, 3.8) is 0 Å². The third-order valence-corrected chi connectivity index (χ3v) is 5.82. The first kappa shape index (κ1) is 16.9. The van der Waals surface area contributed by atoms with E-state index in [1.165, 1.54) is 5.56 Å². The normalized spacial score (nSPS) is 10.8. The molecule has 0 aliphatic rings. The Hall–Kier alpha value is -2.50. The smallest absolute Gasteiger partial charge is 0.123 e. The number of benzene rings is 2. The second-order valence-electron chi connectivity index (χ2n) is 5.92. The van der Waals surface area contributed by atoms with E-state index >= 15 is 0 Å². The lowest BCUT2D eigenvalue weighted by Gasteiger charge is -2.02. The predicted molar refractivity (Wildman–Crippen MR) is 109 cm³/mol. The number of hydrogen-bond acceptors (Lipinski definition) is 5. The van der Waals surface area contributed by atoms with Gasteiger partial charge in [0.25, 0.3) is 0 Å². The van der Waals surface area contributed by atoms with E-state index in [-0.39, 0.29) is 0 Å². The molecule has 0 spiro atoms. The largest absolute Gasteiger partial charge is 0.240 e. The molecular formula is C21H17N3S2. The maximum absolute atomic E-state index is 4.72. The molecule has 5 heteroatoms. The van der Waals surface area contributed by atoms with Crippen molar-refractivity contribution in [3.8, 4) is 21.8 Å². The molecule has 2 aromatic heterocycles. The van der Waals surface area contributed by atoms with Crippen molar-refractivity contribution in [2.75, 3.05) is 0 Å². The highest BCUT2D eigenvalue weighted by molar-refractivity contribution is 7.98. The molecule has 26 heavy (non-hydrogen) atoms. The van der Waals surface area contributed by atoms with Crippen molar-refractivity contribution in [2.24, 2.45) is 0 Å². The molecule has 0 N–H and O–H groups in total. The molecule has 0 radical (unpaired) electrons. The molecule has 0 aliphatic carbocycles. The van der Waals surface area contributed by atoms with Crippen molar-refractivity contribution < 1.29 is 0 Å². The molecule has 0 fully saturated rings. The summed E-state index contributed by atoms with van der Waals surface area (Å²) in [4.78, 5) is 4.72. The molecule has 4 aromatic rings. The minimum Gasteiger partial charge on any atom is -0.240 e. The summed E-state index contributed by atoms with van der Waals surface area (Å²) in [5, 5.41) is 12.8. The zero-order chi connectivity index (χ0) is 17.8. The van der Waals surface area contributed by atoms with Crippen molar-refractivity contribution in [1.82, 2.24) is 15.2 Å². The molecule has 0 amide bonds. The fraction of sp³-hybridized carbons (Fsp3) is 0.0952. The molecule has 0 unspecified atom stereocenters.